The lowest BCUT2D eigenvalue weighted by molar-refractivity contribution is -0.144. The van der Waals surface area contributed by atoms with Crippen LogP contribution < -0.4 is 0 Å². The van der Waals surface area contributed by atoms with Gasteiger partial charge in [0.1, 0.15) is 6.10 Å². The summed E-state index contributed by atoms with van der Waals surface area (Å²) in [5.74, 6) is -1.32. The predicted molar refractivity (Wildman–Crippen MR) is 60.9 cm³/mol. The van der Waals surface area contributed by atoms with Crippen molar-refractivity contribution in [1.82, 2.24) is 0 Å². The minimum Gasteiger partial charge on any atom is -0.478 e. The van der Waals surface area contributed by atoms with Crippen LogP contribution in [-0.4, -0.2) is 23.1 Å². The van der Waals surface area contributed by atoms with Gasteiger partial charge in [0.15, 0.2) is 0 Å². The average Bonchev–Trinajstić information content (AvgIpc) is 2.24. The highest BCUT2D eigenvalue weighted by atomic mass is 16.5. The van der Waals surface area contributed by atoms with Gasteiger partial charge in [-0.3, -0.25) is 0 Å². The highest BCUT2D eigenvalue weighted by Gasteiger charge is 2.14. The Hall–Kier alpha value is -1.58. The van der Waals surface area contributed by atoms with Crippen LogP contribution in [0.15, 0.2) is 24.3 Å². The van der Waals surface area contributed by atoms with Crippen LogP contribution in [0, 0.1) is 5.92 Å². The van der Waals surface area contributed by atoms with Crippen LogP contribution in [-0.2, 0) is 14.3 Å². The quantitative estimate of drug-likeness (QED) is 0.557. The number of aliphatic carboxylic acids is 1. The van der Waals surface area contributed by atoms with Crippen LogP contribution in [0.25, 0.3) is 0 Å². The van der Waals surface area contributed by atoms with Gasteiger partial charge in [-0.05, 0) is 26.2 Å². The molecule has 0 aliphatic heterocycles. The van der Waals surface area contributed by atoms with Gasteiger partial charge in [-0.25, -0.2) is 9.59 Å². The Balaban J connectivity index is 4.20. The van der Waals surface area contributed by atoms with Gasteiger partial charge in [-0.15, -0.1) is 0 Å². The second-order valence-corrected chi connectivity index (χ2v) is 3.75. The molecule has 0 aliphatic rings. The molecule has 0 aromatic heterocycles. The van der Waals surface area contributed by atoms with Gasteiger partial charge in [0.05, 0.1) is 0 Å². The molecule has 2 unspecified atom stereocenters. The number of rotatable bonds is 6. The third-order valence-electron chi connectivity index (χ3n) is 2.40. The minimum atomic E-state index is -0.928. The maximum Gasteiger partial charge on any atom is 0.330 e. The van der Waals surface area contributed by atoms with E-state index in [9.17, 15) is 9.59 Å². The largest absolute Gasteiger partial charge is 0.478 e. The van der Waals surface area contributed by atoms with Crippen molar-refractivity contribution in [2.24, 2.45) is 5.92 Å². The maximum absolute atomic E-state index is 10.9. The predicted octanol–water partition coefficient (Wildman–Crippen LogP) is 2.16. The van der Waals surface area contributed by atoms with Crippen LogP contribution >= 0.6 is 0 Å². The Morgan fingerprint density at radius 1 is 1.44 bits per heavy atom. The van der Waals surface area contributed by atoms with Gasteiger partial charge in [0.25, 0.3) is 0 Å². The summed E-state index contributed by atoms with van der Waals surface area (Å²) in [5.41, 5.74) is 0.300. The molecule has 0 saturated carbocycles. The Bertz CT molecular complexity index is 304. The number of ether oxygens (including phenoxy) is 1. The van der Waals surface area contributed by atoms with E-state index in [-0.39, 0.29) is 12.0 Å². The molecule has 0 aromatic carbocycles. The van der Waals surface area contributed by atoms with Crippen LogP contribution in [0.5, 0.6) is 0 Å². The smallest absolute Gasteiger partial charge is 0.330 e. The summed E-state index contributed by atoms with van der Waals surface area (Å²) >= 11 is 0. The number of carbonyl (C=O) groups excluding carboxylic acids is 1. The molecule has 0 rings (SSSR count). The first-order valence-electron chi connectivity index (χ1n) is 5.11. The van der Waals surface area contributed by atoms with E-state index in [1.165, 1.54) is 6.92 Å². The van der Waals surface area contributed by atoms with Crippen molar-refractivity contribution in [3.63, 3.8) is 0 Å². The fraction of sp³-hybridized carbons (Fsp3) is 0.500. The molecule has 0 bridgehead atoms. The molecule has 0 spiro atoms. The highest BCUT2D eigenvalue weighted by molar-refractivity contribution is 5.85. The Morgan fingerprint density at radius 2 is 2.00 bits per heavy atom. The summed E-state index contributed by atoms with van der Waals surface area (Å²) in [5, 5.41) is 8.65. The van der Waals surface area contributed by atoms with Crippen molar-refractivity contribution in [2.45, 2.75) is 33.3 Å². The van der Waals surface area contributed by atoms with E-state index in [1.54, 1.807) is 13.0 Å². The molecule has 4 heteroatoms. The third-order valence-corrected chi connectivity index (χ3v) is 2.40. The van der Waals surface area contributed by atoms with Crippen molar-refractivity contribution in [1.29, 1.82) is 0 Å². The second-order valence-electron chi connectivity index (χ2n) is 3.75. The topological polar surface area (TPSA) is 63.6 Å². The standard InChI is InChI=1S/C12H18O4/c1-5-11(13)16-10(4)8(2)6-7-9(3)12(14)15/h5,7-8,10H,1,6H2,2-4H3,(H,14,15)/b9-7+. The van der Waals surface area contributed by atoms with Crippen molar-refractivity contribution in [2.75, 3.05) is 0 Å². The van der Waals surface area contributed by atoms with Crippen molar-refractivity contribution >= 4 is 11.9 Å². The first-order valence-corrected chi connectivity index (χ1v) is 5.11. The molecule has 0 heterocycles. The lowest BCUT2D eigenvalue weighted by Crippen LogP contribution is -2.20. The molecule has 1 N–H and O–H groups in total. The van der Waals surface area contributed by atoms with Gasteiger partial charge in [-0.2, -0.15) is 0 Å². The summed E-state index contributed by atoms with van der Waals surface area (Å²) in [6.45, 7) is 8.51. The second kappa shape index (κ2) is 6.82. The van der Waals surface area contributed by atoms with E-state index in [1.807, 2.05) is 6.92 Å². The summed E-state index contributed by atoms with van der Waals surface area (Å²) in [6.07, 6.45) is 3.04. The molecule has 4 nitrogen and oxygen atoms in total. The first kappa shape index (κ1) is 14.4. The molecule has 0 amide bonds. The van der Waals surface area contributed by atoms with Crippen molar-refractivity contribution in [3.8, 4) is 0 Å². The zero-order chi connectivity index (χ0) is 12.7. The molecule has 0 fully saturated rings. The molecular formula is C12H18O4. The Morgan fingerprint density at radius 3 is 2.44 bits per heavy atom. The molecule has 0 aromatic rings. The normalized spacial score (nSPS) is 15.1. The van der Waals surface area contributed by atoms with Gasteiger partial charge < -0.3 is 9.84 Å². The van der Waals surface area contributed by atoms with E-state index >= 15 is 0 Å². The van der Waals surface area contributed by atoms with E-state index in [0.29, 0.717) is 12.0 Å². The number of esters is 1. The molecule has 90 valence electrons. The van der Waals surface area contributed by atoms with Gasteiger partial charge in [0, 0.05) is 11.6 Å². The van der Waals surface area contributed by atoms with Crippen LogP contribution in [0.4, 0.5) is 0 Å². The van der Waals surface area contributed by atoms with Crippen molar-refractivity contribution < 1.29 is 19.4 Å². The van der Waals surface area contributed by atoms with Crippen LogP contribution in [0.1, 0.15) is 27.2 Å². The fourth-order valence-corrected chi connectivity index (χ4v) is 0.989. The minimum absolute atomic E-state index is 0.0678. The Labute approximate surface area is 95.6 Å². The van der Waals surface area contributed by atoms with E-state index < -0.39 is 11.9 Å². The van der Waals surface area contributed by atoms with E-state index in [0.717, 1.165) is 6.08 Å². The number of allylic oxidation sites excluding steroid dienone is 1. The van der Waals surface area contributed by atoms with E-state index in [4.69, 9.17) is 9.84 Å². The molecule has 16 heavy (non-hydrogen) atoms. The first-order chi connectivity index (χ1) is 7.38. The van der Waals surface area contributed by atoms with Gasteiger partial charge >= 0.3 is 11.9 Å². The maximum atomic E-state index is 10.9. The highest BCUT2D eigenvalue weighted by Crippen LogP contribution is 2.13. The van der Waals surface area contributed by atoms with Crippen LogP contribution in [0.2, 0.25) is 0 Å². The SMILES string of the molecule is C=CC(=O)OC(C)C(C)C/C=C(\C)C(=O)O. The average molecular weight is 226 g/mol. The van der Waals surface area contributed by atoms with Crippen LogP contribution in [0.3, 0.4) is 0 Å². The lowest BCUT2D eigenvalue weighted by Gasteiger charge is -2.18. The number of carboxylic acid groups (broad SMARTS) is 1. The number of carboxylic acids is 1. The zero-order valence-corrected chi connectivity index (χ0v) is 9.90. The lowest BCUT2D eigenvalue weighted by atomic mass is 10.0. The zero-order valence-electron chi connectivity index (χ0n) is 9.90. The van der Waals surface area contributed by atoms with E-state index in [2.05, 4.69) is 6.58 Å². The van der Waals surface area contributed by atoms with Gasteiger partial charge in [0.2, 0.25) is 0 Å². The molecule has 0 saturated heterocycles. The monoisotopic (exact) mass is 226 g/mol. The third kappa shape index (κ3) is 5.34. The van der Waals surface area contributed by atoms with Gasteiger partial charge in [-0.1, -0.05) is 19.6 Å². The summed E-state index contributed by atoms with van der Waals surface area (Å²) < 4.78 is 5.02. The summed E-state index contributed by atoms with van der Waals surface area (Å²) in [7, 11) is 0. The fourth-order valence-electron chi connectivity index (χ4n) is 0.989. The number of hydrogen-bond acceptors (Lipinski definition) is 3. The summed E-state index contributed by atoms with van der Waals surface area (Å²) in [4.78, 5) is 21.5. The molecule has 2 atom stereocenters. The molecule has 0 radical (unpaired) electrons. The summed E-state index contributed by atoms with van der Waals surface area (Å²) in [6, 6.07) is 0. The number of carbonyl (C=O) groups is 2. The Kier molecular flexibility index (Phi) is 6.15. The number of hydrogen-bond donors (Lipinski definition) is 1. The molecule has 0 aliphatic carbocycles. The molecular weight excluding hydrogens is 208 g/mol. The van der Waals surface area contributed by atoms with Crippen molar-refractivity contribution in [3.05, 3.63) is 24.3 Å².